The predicted molar refractivity (Wildman–Crippen MR) is 73.3 cm³/mol. The molecule has 0 bridgehead atoms. The van der Waals surface area contributed by atoms with Crippen molar-refractivity contribution in [3.8, 4) is 0 Å². The first kappa shape index (κ1) is 14.2. The van der Waals surface area contributed by atoms with Crippen molar-refractivity contribution in [1.82, 2.24) is 4.98 Å². The number of aromatic nitrogens is 1. The molecule has 1 aromatic heterocycles. The lowest BCUT2D eigenvalue weighted by molar-refractivity contribution is -0.141. The van der Waals surface area contributed by atoms with E-state index in [1.54, 1.807) is 0 Å². The summed E-state index contributed by atoms with van der Waals surface area (Å²) in [7, 11) is 0. The van der Waals surface area contributed by atoms with Crippen LogP contribution >= 0.6 is 0 Å². The van der Waals surface area contributed by atoms with Crippen molar-refractivity contribution in [2.75, 3.05) is 18.0 Å². The van der Waals surface area contributed by atoms with E-state index in [2.05, 4.69) is 4.98 Å². The molecule has 114 valence electrons. The fourth-order valence-electron chi connectivity index (χ4n) is 3.47. The third kappa shape index (κ3) is 2.56. The van der Waals surface area contributed by atoms with Crippen LogP contribution in [0.25, 0.3) is 0 Å². The van der Waals surface area contributed by atoms with Crippen molar-refractivity contribution in [3.63, 3.8) is 0 Å². The number of halogens is 3. The van der Waals surface area contributed by atoms with E-state index in [1.807, 2.05) is 4.90 Å². The van der Waals surface area contributed by atoms with Crippen molar-refractivity contribution >= 4 is 11.7 Å². The molecule has 1 aliphatic carbocycles. The van der Waals surface area contributed by atoms with Crippen LogP contribution in [0.15, 0.2) is 12.1 Å². The van der Waals surface area contributed by atoms with E-state index in [1.165, 1.54) is 12.5 Å². The van der Waals surface area contributed by atoms with E-state index in [0.717, 1.165) is 18.9 Å². The maximum Gasteiger partial charge on any atom is 0.433 e. The van der Waals surface area contributed by atoms with Crippen molar-refractivity contribution in [2.45, 2.75) is 25.4 Å². The summed E-state index contributed by atoms with van der Waals surface area (Å²) in [5.41, 5.74) is 4.84. The Hall–Kier alpha value is -1.79. The number of alkyl halides is 3. The van der Waals surface area contributed by atoms with Gasteiger partial charge in [0.15, 0.2) is 0 Å². The zero-order valence-corrected chi connectivity index (χ0v) is 11.5. The van der Waals surface area contributed by atoms with Gasteiger partial charge >= 0.3 is 6.18 Å². The Morgan fingerprint density at radius 2 is 1.86 bits per heavy atom. The van der Waals surface area contributed by atoms with Crippen LogP contribution in [-0.4, -0.2) is 23.9 Å². The molecule has 0 amide bonds. The number of nitrogens with two attached hydrogens (primary N) is 1. The van der Waals surface area contributed by atoms with E-state index >= 15 is 0 Å². The predicted octanol–water partition coefficient (Wildman–Crippen LogP) is 2.62. The number of hydrogen-bond acceptors (Lipinski definition) is 3. The topological polar surface area (TPSA) is 66.0 Å². The Balaban J connectivity index is 1.97. The molecule has 7 heteroatoms. The van der Waals surface area contributed by atoms with Gasteiger partial charge in [-0.05, 0) is 36.8 Å². The molecule has 4 nitrogen and oxygen atoms in total. The normalized spacial score (nSPS) is 25.2. The number of amidine groups is 1. The minimum Gasteiger partial charge on any atom is -0.384 e. The average molecular weight is 298 g/mol. The Morgan fingerprint density at radius 3 is 2.38 bits per heavy atom. The highest BCUT2D eigenvalue weighted by Gasteiger charge is 2.39. The van der Waals surface area contributed by atoms with Crippen LogP contribution in [0.3, 0.4) is 0 Å². The number of anilines is 1. The molecule has 2 heterocycles. The second kappa shape index (κ2) is 4.89. The molecule has 0 radical (unpaired) electrons. The molecule has 2 fully saturated rings. The average Bonchev–Trinajstić information content (AvgIpc) is 2.97. The second-order valence-electron chi connectivity index (χ2n) is 5.84. The number of nitrogens with one attached hydrogen (secondary N) is 1. The smallest absolute Gasteiger partial charge is 0.384 e. The summed E-state index contributed by atoms with van der Waals surface area (Å²) in [6.45, 7) is 1.42. The van der Waals surface area contributed by atoms with Gasteiger partial charge in [0.1, 0.15) is 17.3 Å². The molecule has 2 aliphatic rings. The zero-order chi connectivity index (χ0) is 15.2. The molecule has 0 aromatic carbocycles. The van der Waals surface area contributed by atoms with Crippen molar-refractivity contribution in [2.24, 2.45) is 17.6 Å². The van der Waals surface area contributed by atoms with Gasteiger partial charge in [-0.15, -0.1) is 0 Å². The Morgan fingerprint density at radius 1 is 1.24 bits per heavy atom. The Bertz CT molecular complexity index is 558. The summed E-state index contributed by atoms with van der Waals surface area (Å²) in [5, 5.41) is 7.56. The lowest BCUT2D eigenvalue weighted by Crippen LogP contribution is -2.27. The number of hydrogen-bond donors (Lipinski definition) is 2. The van der Waals surface area contributed by atoms with Crippen molar-refractivity contribution in [1.29, 1.82) is 5.41 Å². The van der Waals surface area contributed by atoms with E-state index in [-0.39, 0.29) is 17.2 Å². The highest BCUT2D eigenvalue weighted by Crippen LogP contribution is 2.40. The molecular weight excluding hydrogens is 281 g/mol. The molecule has 21 heavy (non-hydrogen) atoms. The first-order valence-electron chi connectivity index (χ1n) is 7.04. The maximum atomic E-state index is 12.9. The summed E-state index contributed by atoms with van der Waals surface area (Å²) in [4.78, 5) is 5.62. The van der Waals surface area contributed by atoms with Gasteiger partial charge in [0.2, 0.25) is 0 Å². The summed E-state index contributed by atoms with van der Waals surface area (Å²) in [5.74, 6) is 1.01. The monoisotopic (exact) mass is 298 g/mol. The lowest BCUT2D eigenvalue weighted by Gasteiger charge is -2.22. The molecule has 2 unspecified atom stereocenters. The van der Waals surface area contributed by atoms with E-state index in [0.29, 0.717) is 24.9 Å². The molecule has 3 rings (SSSR count). The number of rotatable bonds is 2. The molecule has 1 aromatic rings. The minimum absolute atomic E-state index is 0.201. The van der Waals surface area contributed by atoms with Crippen LogP contribution in [0.2, 0.25) is 0 Å². The standard InChI is InChI=1S/C14H17F3N4/c15-14(16,17)11-5-4-10(12(18)19)13(20-11)21-6-8-2-1-3-9(8)7-21/h4-5,8-9H,1-3,6-7H2,(H3,18,19). The van der Waals surface area contributed by atoms with Gasteiger partial charge in [0, 0.05) is 13.1 Å². The third-order valence-corrected chi connectivity index (χ3v) is 4.48. The van der Waals surface area contributed by atoms with E-state index < -0.39 is 11.9 Å². The van der Waals surface area contributed by atoms with Gasteiger partial charge in [0.05, 0.1) is 5.56 Å². The summed E-state index contributed by atoms with van der Waals surface area (Å²) in [6, 6.07) is 2.14. The van der Waals surface area contributed by atoms with Crippen LogP contribution in [0.1, 0.15) is 30.5 Å². The SMILES string of the molecule is N=C(N)c1ccc(C(F)(F)F)nc1N1CC2CCCC2C1. The molecule has 1 saturated heterocycles. The van der Waals surface area contributed by atoms with Crippen LogP contribution in [-0.2, 0) is 6.18 Å². The fourth-order valence-corrected chi connectivity index (χ4v) is 3.47. The summed E-state index contributed by atoms with van der Waals surface area (Å²) >= 11 is 0. The van der Waals surface area contributed by atoms with Crippen LogP contribution in [0.5, 0.6) is 0 Å². The molecule has 3 N–H and O–H groups in total. The number of nitrogen functional groups attached to an aromatic ring is 1. The van der Waals surface area contributed by atoms with Gasteiger partial charge in [-0.3, -0.25) is 5.41 Å². The van der Waals surface area contributed by atoms with Gasteiger partial charge in [-0.1, -0.05) is 6.42 Å². The second-order valence-corrected chi connectivity index (χ2v) is 5.84. The fraction of sp³-hybridized carbons (Fsp3) is 0.571. The zero-order valence-electron chi connectivity index (χ0n) is 11.5. The van der Waals surface area contributed by atoms with Crippen LogP contribution in [0, 0.1) is 17.2 Å². The molecule has 0 spiro atoms. The van der Waals surface area contributed by atoms with Crippen LogP contribution in [0.4, 0.5) is 19.0 Å². The van der Waals surface area contributed by atoms with Gasteiger partial charge in [0.25, 0.3) is 0 Å². The Kier molecular flexibility index (Phi) is 3.30. The van der Waals surface area contributed by atoms with E-state index in [4.69, 9.17) is 11.1 Å². The highest BCUT2D eigenvalue weighted by molar-refractivity contribution is 5.99. The number of fused-ring (bicyclic) bond motifs is 1. The van der Waals surface area contributed by atoms with Crippen molar-refractivity contribution < 1.29 is 13.2 Å². The molecule has 2 atom stereocenters. The lowest BCUT2D eigenvalue weighted by atomic mass is 10.0. The molecule has 1 aliphatic heterocycles. The quantitative estimate of drug-likeness (QED) is 0.651. The number of pyridine rings is 1. The van der Waals surface area contributed by atoms with Gasteiger partial charge in [-0.25, -0.2) is 4.98 Å². The first-order chi connectivity index (χ1) is 9.86. The largest absolute Gasteiger partial charge is 0.433 e. The van der Waals surface area contributed by atoms with E-state index in [9.17, 15) is 13.2 Å². The highest BCUT2D eigenvalue weighted by atomic mass is 19.4. The molecular formula is C14H17F3N4. The van der Waals surface area contributed by atoms with Gasteiger partial charge < -0.3 is 10.6 Å². The van der Waals surface area contributed by atoms with Crippen molar-refractivity contribution in [3.05, 3.63) is 23.4 Å². The molecule has 1 saturated carbocycles. The summed E-state index contributed by atoms with van der Waals surface area (Å²) in [6.07, 6.45) is -1.05. The third-order valence-electron chi connectivity index (χ3n) is 4.48. The maximum absolute atomic E-state index is 12.9. The van der Waals surface area contributed by atoms with Crippen LogP contribution < -0.4 is 10.6 Å². The Labute approximate surface area is 120 Å². The first-order valence-corrected chi connectivity index (χ1v) is 7.04. The minimum atomic E-state index is -4.49. The number of nitrogens with zero attached hydrogens (tertiary/aromatic N) is 2. The van der Waals surface area contributed by atoms with Gasteiger partial charge in [-0.2, -0.15) is 13.2 Å². The summed E-state index contributed by atoms with van der Waals surface area (Å²) < 4.78 is 38.6.